The Morgan fingerprint density at radius 2 is 1.96 bits per heavy atom. The lowest BCUT2D eigenvalue weighted by molar-refractivity contribution is -0.121. The molecule has 0 aromatic heterocycles. The second kappa shape index (κ2) is 9.12. The van der Waals surface area contributed by atoms with E-state index in [1.807, 2.05) is 0 Å². The number of halogens is 1. The minimum atomic E-state index is -0.609. The second-order valence-electron chi connectivity index (χ2n) is 5.30. The first-order chi connectivity index (χ1) is 11.7. The summed E-state index contributed by atoms with van der Waals surface area (Å²) in [5.41, 5.74) is 5.64. The molecule has 0 spiro atoms. The van der Waals surface area contributed by atoms with Crippen LogP contribution in [-0.2, 0) is 9.53 Å². The number of ether oxygens (including phenoxy) is 2. The summed E-state index contributed by atoms with van der Waals surface area (Å²) < 4.78 is 9.80. The highest BCUT2D eigenvalue weighted by Gasteiger charge is 2.21. The Labute approximate surface area is 151 Å². The Morgan fingerprint density at radius 3 is 2.44 bits per heavy atom. The maximum atomic E-state index is 12.4. The predicted molar refractivity (Wildman–Crippen MR) is 94.0 cm³/mol. The van der Waals surface area contributed by atoms with Crippen LogP contribution < -0.4 is 15.8 Å². The molecule has 0 radical (unpaired) electrons. The number of esters is 1. The number of carbonyl (C=O) groups is 3. The third kappa shape index (κ3) is 5.25. The minimum absolute atomic E-state index is 0.141. The fraction of sp³-hybridized carbons (Fsp3) is 0.438. The molecule has 0 aliphatic heterocycles. The predicted octanol–water partition coefficient (Wildman–Crippen LogP) is 2.11. The van der Waals surface area contributed by atoms with Crippen molar-refractivity contribution in [3.8, 4) is 5.75 Å². The summed E-state index contributed by atoms with van der Waals surface area (Å²) >= 11 is 6.14. The van der Waals surface area contributed by atoms with E-state index in [9.17, 15) is 14.4 Å². The molecule has 1 atom stereocenters. The summed E-state index contributed by atoms with van der Waals surface area (Å²) in [6.45, 7) is 3.96. The van der Waals surface area contributed by atoms with Gasteiger partial charge in [-0.15, -0.1) is 0 Å². The maximum absolute atomic E-state index is 12.4. The van der Waals surface area contributed by atoms with Crippen LogP contribution in [0.4, 0.5) is 10.5 Å². The standard InChI is InChI=1S/C16H22ClN3O5/c1-5-20(8-9(2)14(18)21)16(23)19-12-7-13(24-3)10(6-11(12)17)15(22)25-4/h6-7,9H,5,8H2,1-4H3,(H2,18,21)(H,19,23). The lowest BCUT2D eigenvalue weighted by Crippen LogP contribution is -2.41. The third-order valence-corrected chi connectivity index (χ3v) is 3.90. The summed E-state index contributed by atoms with van der Waals surface area (Å²) in [4.78, 5) is 36.7. The molecule has 9 heteroatoms. The molecule has 1 aromatic rings. The van der Waals surface area contributed by atoms with Gasteiger partial charge in [-0.3, -0.25) is 4.79 Å². The Morgan fingerprint density at radius 1 is 1.32 bits per heavy atom. The fourth-order valence-electron chi connectivity index (χ4n) is 2.06. The summed E-state index contributed by atoms with van der Waals surface area (Å²) in [6, 6.07) is 2.33. The van der Waals surface area contributed by atoms with Crippen LogP contribution >= 0.6 is 11.6 Å². The molecule has 0 fully saturated rings. The van der Waals surface area contributed by atoms with Crippen molar-refractivity contribution >= 4 is 35.2 Å². The van der Waals surface area contributed by atoms with Gasteiger partial charge in [-0.2, -0.15) is 0 Å². The Bertz CT molecular complexity index is 665. The maximum Gasteiger partial charge on any atom is 0.341 e. The van der Waals surface area contributed by atoms with E-state index in [0.29, 0.717) is 6.54 Å². The van der Waals surface area contributed by atoms with Gasteiger partial charge in [-0.1, -0.05) is 18.5 Å². The number of benzene rings is 1. The fourth-order valence-corrected chi connectivity index (χ4v) is 2.27. The number of rotatable bonds is 7. The average Bonchev–Trinajstić information content (AvgIpc) is 2.59. The van der Waals surface area contributed by atoms with Gasteiger partial charge in [0.05, 0.1) is 30.8 Å². The third-order valence-electron chi connectivity index (χ3n) is 3.58. The molecule has 8 nitrogen and oxygen atoms in total. The smallest absolute Gasteiger partial charge is 0.341 e. The first-order valence-electron chi connectivity index (χ1n) is 7.56. The number of nitrogens with two attached hydrogens (primary N) is 1. The number of methoxy groups -OCH3 is 2. The number of primary amides is 1. The molecular weight excluding hydrogens is 350 g/mol. The van der Waals surface area contributed by atoms with Crippen LogP contribution in [0.3, 0.4) is 0 Å². The first kappa shape index (κ1) is 20.6. The highest BCUT2D eigenvalue weighted by atomic mass is 35.5. The molecule has 0 aliphatic carbocycles. The largest absolute Gasteiger partial charge is 0.496 e. The number of urea groups is 1. The Kier molecular flexibility index (Phi) is 7.50. The number of hydrogen-bond donors (Lipinski definition) is 2. The van der Waals surface area contributed by atoms with Crippen LogP contribution in [0.25, 0.3) is 0 Å². The molecule has 1 rings (SSSR count). The van der Waals surface area contributed by atoms with E-state index in [4.69, 9.17) is 22.1 Å². The van der Waals surface area contributed by atoms with Crippen LogP contribution in [-0.4, -0.2) is 50.1 Å². The summed E-state index contributed by atoms with van der Waals surface area (Å²) in [6.07, 6.45) is 0. The van der Waals surface area contributed by atoms with Gasteiger partial charge in [-0.25, -0.2) is 9.59 Å². The molecular formula is C16H22ClN3O5. The van der Waals surface area contributed by atoms with Crippen molar-refractivity contribution in [2.75, 3.05) is 32.6 Å². The van der Waals surface area contributed by atoms with Crippen molar-refractivity contribution in [2.45, 2.75) is 13.8 Å². The van der Waals surface area contributed by atoms with Crippen molar-refractivity contribution in [1.29, 1.82) is 0 Å². The van der Waals surface area contributed by atoms with Gasteiger partial charge in [0.1, 0.15) is 11.3 Å². The molecule has 0 heterocycles. The van der Waals surface area contributed by atoms with E-state index in [1.54, 1.807) is 13.8 Å². The van der Waals surface area contributed by atoms with Crippen LogP contribution in [0, 0.1) is 5.92 Å². The molecule has 25 heavy (non-hydrogen) atoms. The first-order valence-corrected chi connectivity index (χ1v) is 7.93. The minimum Gasteiger partial charge on any atom is -0.496 e. The van der Waals surface area contributed by atoms with E-state index in [-0.39, 0.29) is 28.6 Å². The summed E-state index contributed by atoms with van der Waals surface area (Å²) in [7, 11) is 2.62. The van der Waals surface area contributed by atoms with Crippen LogP contribution in [0.2, 0.25) is 5.02 Å². The lowest BCUT2D eigenvalue weighted by Gasteiger charge is -2.24. The SMILES string of the molecule is CCN(CC(C)C(N)=O)C(=O)Nc1cc(OC)c(C(=O)OC)cc1Cl. The zero-order chi connectivity index (χ0) is 19.1. The average molecular weight is 372 g/mol. The van der Waals surface area contributed by atoms with Gasteiger partial charge in [0.2, 0.25) is 5.91 Å². The molecule has 0 bridgehead atoms. The number of carbonyl (C=O) groups excluding carboxylic acids is 3. The molecule has 3 amide bonds. The van der Waals surface area contributed by atoms with Gasteiger partial charge in [0, 0.05) is 19.2 Å². The monoisotopic (exact) mass is 371 g/mol. The highest BCUT2D eigenvalue weighted by Crippen LogP contribution is 2.31. The number of amides is 3. The van der Waals surface area contributed by atoms with Gasteiger partial charge in [0.25, 0.3) is 0 Å². The quantitative estimate of drug-likeness (QED) is 0.713. The molecule has 138 valence electrons. The number of nitrogens with one attached hydrogen (secondary N) is 1. The molecule has 3 N–H and O–H groups in total. The molecule has 1 aromatic carbocycles. The second-order valence-corrected chi connectivity index (χ2v) is 5.70. The molecule has 0 aliphatic rings. The number of nitrogens with zero attached hydrogens (tertiary/aromatic N) is 1. The Balaban J connectivity index is 3.03. The van der Waals surface area contributed by atoms with E-state index in [2.05, 4.69) is 10.1 Å². The summed E-state index contributed by atoms with van der Waals surface area (Å²) in [5.74, 6) is -1.38. The zero-order valence-electron chi connectivity index (χ0n) is 14.6. The highest BCUT2D eigenvalue weighted by molar-refractivity contribution is 6.34. The van der Waals surface area contributed by atoms with Crippen molar-refractivity contribution in [2.24, 2.45) is 11.7 Å². The summed E-state index contributed by atoms with van der Waals surface area (Å²) in [5, 5.41) is 2.78. The van der Waals surface area contributed by atoms with E-state index < -0.39 is 23.8 Å². The van der Waals surface area contributed by atoms with E-state index in [0.717, 1.165) is 0 Å². The van der Waals surface area contributed by atoms with Crippen LogP contribution in [0.1, 0.15) is 24.2 Å². The molecule has 1 unspecified atom stereocenters. The van der Waals surface area contributed by atoms with Gasteiger partial charge < -0.3 is 25.4 Å². The zero-order valence-corrected chi connectivity index (χ0v) is 15.3. The van der Waals surface area contributed by atoms with Crippen molar-refractivity contribution in [3.63, 3.8) is 0 Å². The van der Waals surface area contributed by atoms with E-state index in [1.165, 1.54) is 31.3 Å². The van der Waals surface area contributed by atoms with Gasteiger partial charge >= 0.3 is 12.0 Å². The molecule has 0 saturated carbocycles. The normalized spacial score (nSPS) is 11.4. The van der Waals surface area contributed by atoms with E-state index >= 15 is 0 Å². The molecule has 0 saturated heterocycles. The number of anilines is 1. The van der Waals surface area contributed by atoms with Crippen molar-refractivity contribution in [3.05, 3.63) is 22.7 Å². The van der Waals surface area contributed by atoms with Crippen LogP contribution in [0.5, 0.6) is 5.75 Å². The van der Waals surface area contributed by atoms with Crippen molar-refractivity contribution < 1.29 is 23.9 Å². The number of hydrogen-bond acceptors (Lipinski definition) is 5. The van der Waals surface area contributed by atoms with Gasteiger partial charge in [-0.05, 0) is 13.0 Å². The van der Waals surface area contributed by atoms with Crippen molar-refractivity contribution in [1.82, 2.24) is 4.90 Å². The van der Waals surface area contributed by atoms with Crippen LogP contribution in [0.15, 0.2) is 12.1 Å². The van der Waals surface area contributed by atoms with Gasteiger partial charge in [0.15, 0.2) is 0 Å². The lowest BCUT2D eigenvalue weighted by atomic mass is 10.1. The topological polar surface area (TPSA) is 111 Å². The Hall–Kier alpha value is -2.48.